The molecule has 1 aromatic carbocycles. The molecule has 202 valence electrons. The van der Waals surface area contributed by atoms with Crippen LogP contribution in [0.5, 0.6) is 0 Å². The minimum atomic E-state index is -4.35. The Morgan fingerprint density at radius 1 is 1.11 bits per heavy atom. The van der Waals surface area contributed by atoms with E-state index in [0.29, 0.717) is 18.5 Å². The molecule has 2 N–H and O–H groups in total. The van der Waals surface area contributed by atoms with Gasteiger partial charge in [-0.25, -0.2) is 0 Å². The molecule has 0 aliphatic carbocycles. The molecule has 10 heteroatoms. The first-order valence-electron chi connectivity index (χ1n) is 12.9. The topological polar surface area (TPSA) is 64.3 Å². The van der Waals surface area contributed by atoms with Gasteiger partial charge in [-0.3, -0.25) is 24.0 Å². The number of aromatic amines is 1. The summed E-state index contributed by atoms with van der Waals surface area (Å²) in [5.74, 6) is 0. The molecule has 2 atom stereocenters. The van der Waals surface area contributed by atoms with Crippen LogP contribution in [0, 0.1) is 0 Å². The van der Waals surface area contributed by atoms with Gasteiger partial charge >= 0.3 is 6.18 Å². The first kappa shape index (κ1) is 26.4. The second-order valence-electron chi connectivity index (χ2n) is 10.2. The van der Waals surface area contributed by atoms with E-state index in [4.69, 9.17) is 0 Å². The molecule has 0 bridgehead atoms. The minimum absolute atomic E-state index is 0.213. The van der Waals surface area contributed by atoms with Crippen molar-refractivity contribution in [3.8, 4) is 11.1 Å². The van der Waals surface area contributed by atoms with E-state index < -0.39 is 18.8 Å². The van der Waals surface area contributed by atoms with Crippen LogP contribution in [0.1, 0.15) is 36.2 Å². The van der Waals surface area contributed by atoms with Gasteiger partial charge in [-0.15, -0.1) is 0 Å². The lowest BCUT2D eigenvalue weighted by molar-refractivity contribution is -0.155. The molecule has 2 aromatic heterocycles. The van der Waals surface area contributed by atoms with Crippen LogP contribution in [0.4, 0.5) is 23.2 Å². The van der Waals surface area contributed by atoms with Crippen LogP contribution < -0.4 is 10.9 Å². The van der Waals surface area contributed by atoms with E-state index in [9.17, 15) is 22.4 Å². The normalized spacial score (nSPS) is 20.7. The van der Waals surface area contributed by atoms with Crippen molar-refractivity contribution in [3.63, 3.8) is 0 Å². The van der Waals surface area contributed by atoms with Crippen LogP contribution in [0.15, 0.2) is 59.7 Å². The standard InChI is InChI=1S/C28H31F4N5O/c1-18-11-21-12-19(20-7-9-33-26(38)13-20)3-5-24(21)27(37(18)17-28(30,31)32)25-6-4-22(14-34-25)35-23-15-36(16-23)10-2-8-29/h3-7,9,12-14,18,23,27,35H,2,8,10-11,15-17H2,1H3,(H,33,38)/t18-,27+/m1/s1. The zero-order valence-electron chi connectivity index (χ0n) is 21.1. The highest BCUT2D eigenvalue weighted by molar-refractivity contribution is 5.65. The fourth-order valence-electron chi connectivity index (χ4n) is 5.52. The molecule has 2 aliphatic heterocycles. The number of rotatable bonds is 8. The molecule has 1 fully saturated rings. The molecule has 4 heterocycles. The first-order chi connectivity index (χ1) is 18.2. The number of nitrogens with one attached hydrogen (secondary N) is 2. The van der Waals surface area contributed by atoms with Crippen molar-refractivity contribution in [2.75, 3.05) is 38.2 Å². The van der Waals surface area contributed by atoms with Crippen molar-refractivity contribution in [1.29, 1.82) is 0 Å². The van der Waals surface area contributed by atoms with Gasteiger partial charge in [0.05, 0.1) is 42.9 Å². The van der Waals surface area contributed by atoms with E-state index in [2.05, 4.69) is 20.2 Å². The number of hydrogen-bond donors (Lipinski definition) is 2. The van der Waals surface area contributed by atoms with Crippen molar-refractivity contribution in [2.24, 2.45) is 0 Å². The summed E-state index contributed by atoms with van der Waals surface area (Å²) in [6.45, 7) is 2.84. The predicted octanol–water partition coefficient (Wildman–Crippen LogP) is 4.79. The summed E-state index contributed by atoms with van der Waals surface area (Å²) in [7, 11) is 0. The Morgan fingerprint density at radius 2 is 1.89 bits per heavy atom. The SMILES string of the molecule is C[C@@H]1Cc2cc(-c3cc[nH]c(=O)c3)ccc2[C@@H](c2ccc(NC3CN(CCCF)C3)cn2)N1CC(F)(F)F. The average Bonchev–Trinajstić information content (AvgIpc) is 2.85. The first-order valence-corrected chi connectivity index (χ1v) is 12.9. The lowest BCUT2D eigenvalue weighted by Crippen LogP contribution is -2.54. The highest BCUT2D eigenvalue weighted by Gasteiger charge is 2.41. The molecule has 0 spiro atoms. The van der Waals surface area contributed by atoms with Gasteiger partial charge < -0.3 is 10.3 Å². The third-order valence-corrected chi connectivity index (χ3v) is 7.32. The number of pyridine rings is 2. The number of anilines is 1. The van der Waals surface area contributed by atoms with Gasteiger partial charge in [-0.2, -0.15) is 13.2 Å². The van der Waals surface area contributed by atoms with Crippen LogP contribution in [-0.2, 0) is 6.42 Å². The largest absolute Gasteiger partial charge is 0.401 e. The van der Waals surface area contributed by atoms with Gasteiger partial charge in [0.15, 0.2) is 0 Å². The summed E-state index contributed by atoms with van der Waals surface area (Å²) < 4.78 is 53.3. The highest BCUT2D eigenvalue weighted by atomic mass is 19.4. The molecule has 6 nitrogen and oxygen atoms in total. The third kappa shape index (κ3) is 5.91. The average molecular weight is 530 g/mol. The monoisotopic (exact) mass is 529 g/mol. The molecule has 38 heavy (non-hydrogen) atoms. The number of alkyl halides is 4. The molecule has 5 rings (SSSR count). The number of H-pyrrole nitrogens is 1. The zero-order valence-corrected chi connectivity index (χ0v) is 21.1. The lowest BCUT2D eigenvalue weighted by Gasteiger charge is -2.42. The van der Waals surface area contributed by atoms with E-state index >= 15 is 0 Å². The Kier molecular flexibility index (Phi) is 7.54. The summed E-state index contributed by atoms with van der Waals surface area (Å²) in [5.41, 5.74) is 4.48. The molecule has 1 saturated heterocycles. The van der Waals surface area contributed by atoms with E-state index in [1.54, 1.807) is 24.5 Å². The molecular weight excluding hydrogens is 498 g/mol. The summed E-state index contributed by atoms with van der Waals surface area (Å²) >= 11 is 0. The molecule has 0 unspecified atom stereocenters. The molecule has 0 radical (unpaired) electrons. The van der Waals surface area contributed by atoms with E-state index in [1.807, 2.05) is 31.2 Å². The molecule has 0 amide bonds. The Morgan fingerprint density at radius 3 is 2.58 bits per heavy atom. The van der Waals surface area contributed by atoms with Gasteiger partial charge in [0.25, 0.3) is 0 Å². The zero-order chi connectivity index (χ0) is 26.9. The maximum Gasteiger partial charge on any atom is 0.401 e. The number of likely N-dealkylation sites (tertiary alicyclic amines) is 1. The fourth-order valence-corrected chi connectivity index (χ4v) is 5.52. The Bertz CT molecular complexity index is 1300. The second-order valence-corrected chi connectivity index (χ2v) is 10.2. The maximum atomic E-state index is 13.6. The fraction of sp³-hybridized carbons (Fsp3) is 0.429. The maximum absolute atomic E-state index is 13.6. The lowest BCUT2D eigenvalue weighted by atomic mass is 9.85. The smallest absolute Gasteiger partial charge is 0.378 e. The van der Waals surface area contributed by atoms with Gasteiger partial charge in [-0.05, 0) is 60.2 Å². The van der Waals surface area contributed by atoms with Crippen LogP contribution in [0.3, 0.4) is 0 Å². The predicted molar refractivity (Wildman–Crippen MR) is 139 cm³/mol. The summed E-state index contributed by atoms with van der Waals surface area (Å²) in [6.07, 6.45) is -0.106. The van der Waals surface area contributed by atoms with Gasteiger partial charge in [0, 0.05) is 37.9 Å². The number of fused-ring (bicyclic) bond motifs is 1. The number of halogens is 4. The third-order valence-electron chi connectivity index (χ3n) is 7.32. The van der Waals surface area contributed by atoms with E-state index in [-0.39, 0.29) is 24.3 Å². The highest BCUT2D eigenvalue weighted by Crippen LogP contribution is 2.40. The number of hydrogen-bond acceptors (Lipinski definition) is 5. The van der Waals surface area contributed by atoms with E-state index in [0.717, 1.165) is 47.6 Å². The van der Waals surface area contributed by atoms with Gasteiger partial charge in [-0.1, -0.05) is 18.2 Å². The van der Waals surface area contributed by atoms with Crippen LogP contribution >= 0.6 is 0 Å². The molecule has 0 saturated carbocycles. The molecule has 2 aliphatic rings. The van der Waals surface area contributed by atoms with Crippen LogP contribution in [0.25, 0.3) is 11.1 Å². The van der Waals surface area contributed by atoms with Crippen molar-refractivity contribution in [1.82, 2.24) is 19.8 Å². The van der Waals surface area contributed by atoms with Gasteiger partial charge in [0.2, 0.25) is 5.56 Å². The van der Waals surface area contributed by atoms with Crippen molar-refractivity contribution in [2.45, 2.75) is 44.1 Å². The Hall–Kier alpha value is -3.24. The summed E-state index contributed by atoms with van der Waals surface area (Å²) in [5, 5.41) is 3.40. The second kappa shape index (κ2) is 10.9. The van der Waals surface area contributed by atoms with Crippen molar-refractivity contribution in [3.05, 3.63) is 82.0 Å². The molecule has 3 aromatic rings. The van der Waals surface area contributed by atoms with Crippen LogP contribution in [0.2, 0.25) is 0 Å². The van der Waals surface area contributed by atoms with Crippen molar-refractivity contribution >= 4 is 5.69 Å². The number of benzene rings is 1. The quantitative estimate of drug-likeness (QED) is 0.411. The van der Waals surface area contributed by atoms with E-state index in [1.165, 1.54) is 11.0 Å². The van der Waals surface area contributed by atoms with Crippen molar-refractivity contribution < 1.29 is 17.6 Å². The number of nitrogens with zero attached hydrogens (tertiary/aromatic N) is 3. The minimum Gasteiger partial charge on any atom is -0.378 e. The molecular formula is C28H31F4N5O. The van der Waals surface area contributed by atoms with Gasteiger partial charge in [0.1, 0.15) is 0 Å². The number of aromatic nitrogens is 2. The summed E-state index contributed by atoms with van der Waals surface area (Å²) in [6, 6.07) is 11.9. The Labute approximate surface area is 218 Å². The summed E-state index contributed by atoms with van der Waals surface area (Å²) in [4.78, 5) is 22.7. The van der Waals surface area contributed by atoms with Crippen LogP contribution in [-0.4, -0.2) is 70.9 Å². The Balaban J connectivity index is 1.41.